The third kappa shape index (κ3) is 1.86. The highest BCUT2D eigenvalue weighted by atomic mass is 32.1. The maximum absolute atomic E-state index is 9.30. The number of aliphatic hydroxyl groups excluding tert-OH is 1. The second-order valence-electron chi connectivity index (χ2n) is 3.81. The highest BCUT2D eigenvalue weighted by Gasteiger charge is 2.27. The van der Waals surface area contributed by atoms with Gasteiger partial charge in [0.25, 0.3) is 0 Å². The molecule has 1 aliphatic rings. The van der Waals surface area contributed by atoms with Crippen LogP contribution in [0.2, 0.25) is 0 Å². The molecule has 3 heterocycles. The molecule has 3 rings (SSSR count). The molecule has 2 aromatic heterocycles. The number of hydrogen-bond acceptors (Lipinski definition) is 6. The summed E-state index contributed by atoms with van der Waals surface area (Å²) in [6, 6.07) is 0. The molecule has 1 atom stereocenters. The number of aliphatic hydroxyl groups is 1. The number of aromatic nitrogens is 4. The van der Waals surface area contributed by atoms with Gasteiger partial charge in [-0.2, -0.15) is 4.68 Å². The first-order valence-corrected chi connectivity index (χ1v) is 6.35. The van der Waals surface area contributed by atoms with Gasteiger partial charge in [-0.25, -0.2) is 4.98 Å². The molecule has 0 spiro atoms. The maximum Gasteiger partial charge on any atom is 0.212 e. The molecule has 1 N–H and O–H groups in total. The molecule has 2 aromatic rings. The lowest BCUT2D eigenvalue weighted by Crippen LogP contribution is -2.08. The van der Waals surface area contributed by atoms with Crippen molar-refractivity contribution < 1.29 is 9.84 Å². The van der Waals surface area contributed by atoms with Crippen LogP contribution in [0.15, 0.2) is 11.6 Å². The Kier molecular flexibility index (Phi) is 2.87. The normalized spacial score (nSPS) is 19.9. The fraction of sp³-hybridized carbons (Fsp3) is 0.500. The zero-order valence-electron chi connectivity index (χ0n) is 9.11. The van der Waals surface area contributed by atoms with Gasteiger partial charge in [0.15, 0.2) is 0 Å². The minimum absolute atomic E-state index is 0.0314. The van der Waals surface area contributed by atoms with Crippen LogP contribution in [0.5, 0.6) is 0 Å². The molecule has 7 heteroatoms. The van der Waals surface area contributed by atoms with Gasteiger partial charge in [-0.15, -0.1) is 16.4 Å². The second kappa shape index (κ2) is 4.52. The van der Waals surface area contributed by atoms with Crippen LogP contribution in [-0.4, -0.2) is 31.7 Å². The molecule has 17 heavy (non-hydrogen) atoms. The Morgan fingerprint density at radius 1 is 1.59 bits per heavy atom. The molecule has 0 radical (unpaired) electrons. The molecule has 90 valence electrons. The summed E-state index contributed by atoms with van der Waals surface area (Å²) in [7, 11) is 0. The van der Waals surface area contributed by atoms with E-state index in [4.69, 9.17) is 4.74 Å². The Morgan fingerprint density at radius 2 is 2.53 bits per heavy atom. The van der Waals surface area contributed by atoms with Gasteiger partial charge in [0, 0.05) is 18.2 Å². The Hall–Kier alpha value is -1.31. The van der Waals surface area contributed by atoms with Crippen molar-refractivity contribution in [3.8, 4) is 5.13 Å². The maximum atomic E-state index is 9.30. The first kappa shape index (κ1) is 10.8. The molecule has 0 amide bonds. The topological polar surface area (TPSA) is 73.1 Å². The smallest absolute Gasteiger partial charge is 0.212 e. The predicted octanol–water partition coefficient (Wildman–Crippen LogP) is 1.07. The highest BCUT2D eigenvalue weighted by molar-refractivity contribution is 7.12. The van der Waals surface area contributed by atoms with Gasteiger partial charge in [-0.3, -0.25) is 0 Å². The average Bonchev–Trinajstić information content (AvgIpc) is 3.09. The third-order valence-electron chi connectivity index (χ3n) is 2.76. The monoisotopic (exact) mass is 252 g/mol. The summed E-state index contributed by atoms with van der Waals surface area (Å²) in [5, 5.41) is 20.0. The quantitative estimate of drug-likeness (QED) is 0.884. The van der Waals surface area contributed by atoms with E-state index in [1.165, 1.54) is 11.3 Å². The Labute approximate surface area is 102 Å². The van der Waals surface area contributed by atoms with Crippen molar-refractivity contribution in [3.05, 3.63) is 23.0 Å². The summed E-state index contributed by atoms with van der Waals surface area (Å²) in [6.45, 7) is 0.624. The van der Waals surface area contributed by atoms with Gasteiger partial charge in [0.2, 0.25) is 5.13 Å². The van der Waals surface area contributed by atoms with Crippen molar-refractivity contribution >= 4 is 11.3 Å². The van der Waals surface area contributed by atoms with Crippen LogP contribution in [0.1, 0.15) is 30.3 Å². The molecule has 6 nitrogen and oxygen atoms in total. The third-order valence-corrected chi connectivity index (χ3v) is 3.51. The van der Waals surface area contributed by atoms with Crippen molar-refractivity contribution in [2.24, 2.45) is 0 Å². The van der Waals surface area contributed by atoms with Crippen LogP contribution < -0.4 is 0 Å². The van der Waals surface area contributed by atoms with Crippen molar-refractivity contribution in [1.29, 1.82) is 0 Å². The fourth-order valence-corrected chi connectivity index (χ4v) is 2.61. The summed E-state index contributed by atoms with van der Waals surface area (Å²) in [4.78, 5) is 4.21. The van der Waals surface area contributed by atoms with Crippen molar-refractivity contribution in [2.75, 3.05) is 6.61 Å². The van der Waals surface area contributed by atoms with Crippen molar-refractivity contribution in [2.45, 2.75) is 25.6 Å². The summed E-state index contributed by atoms with van der Waals surface area (Å²) < 4.78 is 7.32. The molecular weight excluding hydrogens is 240 g/mol. The molecule has 0 aromatic carbocycles. The Morgan fingerprint density at radius 3 is 3.18 bits per heavy atom. The van der Waals surface area contributed by atoms with Gasteiger partial charge >= 0.3 is 0 Å². The van der Waals surface area contributed by atoms with Crippen LogP contribution in [0.4, 0.5) is 0 Å². The van der Waals surface area contributed by atoms with E-state index in [1.54, 1.807) is 10.9 Å². The largest absolute Gasteiger partial charge is 0.390 e. The van der Waals surface area contributed by atoms with Crippen LogP contribution in [0.25, 0.3) is 5.13 Å². The number of ether oxygens (including phenoxy) is 1. The number of thiazole rings is 1. The lowest BCUT2D eigenvalue weighted by atomic mass is 10.1. The van der Waals surface area contributed by atoms with E-state index >= 15 is 0 Å². The van der Waals surface area contributed by atoms with Gasteiger partial charge in [-0.05, 0) is 12.8 Å². The lowest BCUT2D eigenvalue weighted by molar-refractivity contribution is 0.104. The molecule has 0 bridgehead atoms. The van der Waals surface area contributed by atoms with E-state index in [9.17, 15) is 5.11 Å². The van der Waals surface area contributed by atoms with Crippen LogP contribution >= 0.6 is 11.3 Å². The van der Waals surface area contributed by atoms with E-state index in [2.05, 4.69) is 15.3 Å². The molecule has 1 unspecified atom stereocenters. The highest BCUT2D eigenvalue weighted by Crippen LogP contribution is 2.31. The average molecular weight is 252 g/mol. The van der Waals surface area contributed by atoms with Gasteiger partial charge in [-0.1, -0.05) is 5.21 Å². The molecule has 1 aliphatic heterocycles. The molecule has 0 saturated carbocycles. The van der Waals surface area contributed by atoms with E-state index < -0.39 is 0 Å². The first-order valence-electron chi connectivity index (χ1n) is 5.47. The van der Waals surface area contributed by atoms with E-state index in [0.717, 1.165) is 30.3 Å². The SMILES string of the molecule is OCc1nnn(-c2nccs2)c1C1CCCO1. The Balaban J connectivity index is 2.06. The number of hydrogen-bond donors (Lipinski definition) is 1. The van der Waals surface area contributed by atoms with Gasteiger partial charge in [0.05, 0.1) is 6.61 Å². The molecular formula is C10H12N4O2S. The predicted molar refractivity (Wildman–Crippen MR) is 60.9 cm³/mol. The minimum atomic E-state index is -0.124. The van der Waals surface area contributed by atoms with Crippen molar-refractivity contribution in [1.82, 2.24) is 20.0 Å². The molecule has 0 aliphatic carbocycles. The zero-order valence-corrected chi connectivity index (χ0v) is 9.93. The number of rotatable bonds is 3. The van der Waals surface area contributed by atoms with Gasteiger partial charge in [0.1, 0.15) is 17.5 Å². The Bertz CT molecular complexity index is 490. The minimum Gasteiger partial charge on any atom is -0.390 e. The zero-order chi connectivity index (χ0) is 11.7. The standard InChI is InChI=1S/C10H12N4O2S/c15-6-7-9(8-2-1-4-16-8)14(13-12-7)10-11-3-5-17-10/h3,5,8,15H,1-2,4,6H2. The molecule has 1 fully saturated rings. The van der Waals surface area contributed by atoms with Crippen LogP contribution in [-0.2, 0) is 11.3 Å². The van der Waals surface area contributed by atoms with Gasteiger partial charge < -0.3 is 9.84 Å². The number of nitrogens with zero attached hydrogens (tertiary/aromatic N) is 4. The summed E-state index contributed by atoms with van der Waals surface area (Å²) >= 11 is 1.48. The molecule has 1 saturated heterocycles. The fourth-order valence-electron chi connectivity index (χ4n) is 2.01. The van der Waals surface area contributed by atoms with E-state index in [0.29, 0.717) is 5.69 Å². The van der Waals surface area contributed by atoms with Crippen LogP contribution in [0.3, 0.4) is 0 Å². The summed E-state index contributed by atoms with van der Waals surface area (Å²) in [5.41, 5.74) is 1.41. The second-order valence-corrected chi connectivity index (χ2v) is 4.68. The first-order chi connectivity index (χ1) is 8.40. The van der Waals surface area contributed by atoms with E-state index in [1.807, 2.05) is 5.38 Å². The lowest BCUT2D eigenvalue weighted by Gasteiger charge is -2.11. The van der Waals surface area contributed by atoms with E-state index in [-0.39, 0.29) is 12.7 Å². The van der Waals surface area contributed by atoms with Crippen LogP contribution in [0, 0.1) is 0 Å². The van der Waals surface area contributed by atoms with Crippen molar-refractivity contribution in [3.63, 3.8) is 0 Å². The summed E-state index contributed by atoms with van der Waals surface area (Å²) in [5.74, 6) is 0. The summed E-state index contributed by atoms with van der Waals surface area (Å²) in [6.07, 6.45) is 3.65.